The van der Waals surface area contributed by atoms with Gasteiger partial charge in [0, 0.05) is 28.4 Å². The predicted molar refractivity (Wildman–Crippen MR) is 97.6 cm³/mol. The minimum Gasteiger partial charge on any atom is -0.478 e. The van der Waals surface area contributed by atoms with E-state index in [2.05, 4.69) is 10.6 Å². The number of thioether (sulfide) groups is 1. The van der Waals surface area contributed by atoms with E-state index in [1.54, 1.807) is 24.3 Å². The summed E-state index contributed by atoms with van der Waals surface area (Å²) in [6, 6.07) is 12.2. The number of carboxylic acid groups (broad SMARTS) is 1. The van der Waals surface area contributed by atoms with Crippen molar-refractivity contribution in [2.75, 3.05) is 16.4 Å². The van der Waals surface area contributed by atoms with Crippen molar-refractivity contribution in [3.8, 4) is 0 Å². The Morgan fingerprint density at radius 3 is 2.12 bits per heavy atom. The number of nitrogens with one attached hydrogen (secondary N) is 2. The van der Waals surface area contributed by atoms with Gasteiger partial charge in [0.25, 0.3) is 0 Å². The largest absolute Gasteiger partial charge is 0.478 e. The summed E-state index contributed by atoms with van der Waals surface area (Å²) in [6.45, 7) is 0. The number of anilines is 2. The second-order valence-corrected chi connectivity index (χ2v) is 6.08. The normalized spacial score (nSPS) is 10.5. The van der Waals surface area contributed by atoms with Crippen molar-refractivity contribution in [3.05, 3.63) is 66.5 Å². The van der Waals surface area contributed by atoms with Gasteiger partial charge in [0.15, 0.2) is 0 Å². The summed E-state index contributed by atoms with van der Waals surface area (Å²) < 4.78 is 12.8. The molecule has 2 amide bonds. The quantitative estimate of drug-likeness (QED) is 0.511. The first kappa shape index (κ1) is 19.2. The lowest BCUT2D eigenvalue weighted by Gasteiger charge is -2.06. The number of halogens is 1. The number of carbonyl (C=O) groups is 3. The first-order valence-corrected chi connectivity index (χ1v) is 8.41. The molecule has 0 aliphatic heterocycles. The summed E-state index contributed by atoms with van der Waals surface area (Å²) in [5.41, 5.74) is 1.02. The lowest BCUT2D eigenvalue weighted by molar-refractivity contribution is -0.131. The SMILES string of the molecule is O=C(O)/C=C/C(=O)Nc1ccc(SCC(=O)Nc2ccc(F)cc2)cc1. The highest BCUT2D eigenvalue weighted by molar-refractivity contribution is 8.00. The molecule has 0 fully saturated rings. The van der Waals surface area contributed by atoms with E-state index in [1.807, 2.05) is 0 Å². The van der Waals surface area contributed by atoms with Crippen molar-refractivity contribution in [1.82, 2.24) is 0 Å². The number of hydrogen-bond acceptors (Lipinski definition) is 4. The maximum absolute atomic E-state index is 12.8. The Morgan fingerprint density at radius 1 is 0.923 bits per heavy atom. The van der Waals surface area contributed by atoms with E-state index in [4.69, 9.17) is 5.11 Å². The summed E-state index contributed by atoms with van der Waals surface area (Å²) >= 11 is 1.30. The van der Waals surface area contributed by atoms with E-state index in [0.717, 1.165) is 17.0 Å². The Balaban J connectivity index is 1.81. The molecule has 26 heavy (non-hydrogen) atoms. The molecule has 8 heteroatoms. The molecule has 0 heterocycles. The van der Waals surface area contributed by atoms with Crippen LogP contribution in [0.1, 0.15) is 0 Å². The molecule has 0 bridgehead atoms. The minimum absolute atomic E-state index is 0.171. The van der Waals surface area contributed by atoms with Crippen LogP contribution in [0.5, 0.6) is 0 Å². The van der Waals surface area contributed by atoms with Crippen molar-refractivity contribution in [1.29, 1.82) is 0 Å². The molecule has 6 nitrogen and oxygen atoms in total. The van der Waals surface area contributed by atoms with Gasteiger partial charge in [0.2, 0.25) is 11.8 Å². The maximum Gasteiger partial charge on any atom is 0.328 e. The number of amides is 2. The van der Waals surface area contributed by atoms with Crippen molar-refractivity contribution in [3.63, 3.8) is 0 Å². The Kier molecular flexibility index (Phi) is 6.92. The second-order valence-electron chi connectivity index (χ2n) is 5.03. The van der Waals surface area contributed by atoms with Gasteiger partial charge in [-0.25, -0.2) is 9.18 Å². The van der Waals surface area contributed by atoms with Gasteiger partial charge < -0.3 is 15.7 Å². The highest BCUT2D eigenvalue weighted by atomic mass is 32.2. The van der Waals surface area contributed by atoms with Crippen molar-refractivity contribution >= 4 is 40.9 Å². The molecule has 3 N–H and O–H groups in total. The van der Waals surface area contributed by atoms with Crippen LogP contribution in [0.2, 0.25) is 0 Å². The van der Waals surface area contributed by atoms with Crippen LogP contribution in [0.4, 0.5) is 15.8 Å². The average molecular weight is 374 g/mol. The van der Waals surface area contributed by atoms with E-state index in [-0.39, 0.29) is 17.5 Å². The van der Waals surface area contributed by atoms with Crippen LogP contribution in [0.3, 0.4) is 0 Å². The molecule has 0 saturated carbocycles. The number of hydrogen-bond donors (Lipinski definition) is 3. The lowest BCUT2D eigenvalue weighted by Crippen LogP contribution is -2.13. The topological polar surface area (TPSA) is 95.5 Å². The van der Waals surface area contributed by atoms with Crippen LogP contribution in [-0.2, 0) is 14.4 Å². The van der Waals surface area contributed by atoms with Crippen LogP contribution >= 0.6 is 11.8 Å². The maximum atomic E-state index is 12.8. The van der Waals surface area contributed by atoms with Crippen LogP contribution in [0.25, 0.3) is 0 Å². The minimum atomic E-state index is -1.20. The van der Waals surface area contributed by atoms with Crippen LogP contribution < -0.4 is 10.6 Å². The highest BCUT2D eigenvalue weighted by Crippen LogP contribution is 2.20. The number of benzene rings is 2. The van der Waals surface area contributed by atoms with Crippen LogP contribution in [0.15, 0.2) is 65.6 Å². The number of carboxylic acids is 1. The molecule has 0 spiro atoms. The Bertz CT molecular complexity index is 820. The summed E-state index contributed by atoms with van der Waals surface area (Å²) in [5, 5.41) is 13.6. The highest BCUT2D eigenvalue weighted by Gasteiger charge is 2.05. The zero-order valence-electron chi connectivity index (χ0n) is 13.4. The summed E-state index contributed by atoms with van der Waals surface area (Å²) in [4.78, 5) is 34.5. The molecule has 0 unspecified atom stereocenters. The van der Waals surface area contributed by atoms with Crippen LogP contribution in [-0.4, -0.2) is 28.6 Å². The number of aliphatic carboxylic acids is 1. The molecular formula is C18H15FN2O4S. The van der Waals surface area contributed by atoms with Crippen LogP contribution in [0, 0.1) is 5.82 Å². The lowest BCUT2D eigenvalue weighted by atomic mass is 10.3. The van der Waals surface area contributed by atoms with Gasteiger partial charge in [-0.3, -0.25) is 9.59 Å². The molecule has 0 aliphatic carbocycles. The summed E-state index contributed by atoms with van der Waals surface area (Å²) in [7, 11) is 0. The molecule has 0 atom stereocenters. The average Bonchev–Trinajstić information content (AvgIpc) is 2.61. The molecule has 134 valence electrons. The van der Waals surface area contributed by atoms with Crippen molar-refractivity contribution in [2.45, 2.75) is 4.90 Å². The zero-order valence-corrected chi connectivity index (χ0v) is 14.3. The molecule has 2 aromatic rings. The number of rotatable bonds is 7. The van der Waals surface area contributed by atoms with Gasteiger partial charge in [-0.1, -0.05) is 0 Å². The second kappa shape index (κ2) is 9.38. The molecule has 0 radical (unpaired) electrons. The fourth-order valence-corrected chi connectivity index (χ4v) is 2.54. The third kappa shape index (κ3) is 6.78. The zero-order chi connectivity index (χ0) is 18.9. The summed E-state index contributed by atoms with van der Waals surface area (Å²) in [6.07, 6.45) is 1.67. The Morgan fingerprint density at radius 2 is 1.50 bits per heavy atom. The van der Waals surface area contributed by atoms with Gasteiger partial charge in [0.05, 0.1) is 5.75 Å². The number of carbonyl (C=O) groups excluding carboxylic acids is 2. The molecule has 2 rings (SSSR count). The van der Waals surface area contributed by atoms with Gasteiger partial charge in [-0.15, -0.1) is 11.8 Å². The van der Waals surface area contributed by atoms with Gasteiger partial charge in [-0.05, 0) is 48.5 Å². The van der Waals surface area contributed by atoms with Gasteiger partial charge in [0.1, 0.15) is 5.82 Å². The molecule has 2 aromatic carbocycles. The Labute approximate surface area is 153 Å². The molecular weight excluding hydrogens is 359 g/mol. The predicted octanol–water partition coefficient (Wildman–Crippen LogP) is 3.14. The van der Waals surface area contributed by atoms with E-state index in [9.17, 15) is 18.8 Å². The van der Waals surface area contributed by atoms with Crippen molar-refractivity contribution < 1.29 is 23.9 Å². The van der Waals surface area contributed by atoms with E-state index in [1.165, 1.54) is 36.0 Å². The van der Waals surface area contributed by atoms with E-state index >= 15 is 0 Å². The summed E-state index contributed by atoms with van der Waals surface area (Å²) in [5.74, 6) is -2.18. The smallest absolute Gasteiger partial charge is 0.328 e. The molecule has 0 aliphatic rings. The fraction of sp³-hybridized carbons (Fsp3) is 0.0556. The van der Waals surface area contributed by atoms with Gasteiger partial charge >= 0.3 is 5.97 Å². The third-order valence-corrected chi connectivity index (χ3v) is 4.01. The first-order chi connectivity index (χ1) is 12.4. The monoisotopic (exact) mass is 374 g/mol. The standard InChI is InChI=1S/C18H15FN2O4S/c19-12-1-3-13(4-2-12)21-17(23)11-26-15-7-5-14(6-8-15)20-16(22)9-10-18(24)25/h1-10H,11H2,(H,20,22)(H,21,23)(H,24,25)/b10-9+. The van der Waals surface area contributed by atoms with E-state index in [0.29, 0.717) is 11.4 Å². The van der Waals surface area contributed by atoms with Crippen molar-refractivity contribution in [2.24, 2.45) is 0 Å². The van der Waals surface area contributed by atoms with Gasteiger partial charge in [-0.2, -0.15) is 0 Å². The Hall–Kier alpha value is -3.13. The third-order valence-electron chi connectivity index (χ3n) is 3.00. The van der Waals surface area contributed by atoms with E-state index < -0.39 is 11.9 Å². The fourth-order valence-electron chi connectivity index (χ4n) is 1.84. The first-order valence-electron chi connectivity index (χ1n) is 7.42. The molecule has 0 aromatic heterocycles. The molecule has 0 saturated heterocycles.